The number of para-hydroxylation sites is 1. The second-order valence-electron chi connectivity index (χ2n) is 4.66. The fourth-order valence-corrected chi connectivity index (χ4v) is 2.39. The summed E-state index contributed by atoms with van der Waals surface area (Å²) in [7, 11) is 0. The van der Waals surface area contributed by atoms with Gasteiger partial charge in [0.1, 0.15) is 12.4 Å². The van der Waals surface area contributed by atoms with Crippen molar-refractivity contribution in [3.05, 3.63) is 64.1 Å². The molecule has 0 saturated carbocycles. The number of halogens is 1. The first-order valence-electron chi connectivity index (χ1n) is 6.96. The molecule has 2 aromatic carbocycles. The Morgan fingerprint density at radius 3 is 2.45 bits per heavy atom. The fourth-order valence-electron chi connectivity index (χ4n) is 1.99. The highest BCUT2D eigenvalue weighted by Gasteiger charge is 2.04. The minimum atomic E-state index is 0.590. The molecule has 0 amide bonds. The third-order valence-corrected chi connectivity index (χ3v) is 3.74. The minimum absolute atomic E-state index is 0.590. The fraction of sp³-hybridized carbons (Fsp3) is 0.294. The van der Waals surface area contributed by atoms with E-state index >= 15 is 0 Å². The summed E-state index contributed by atoms with van der Waals surface area (Å²) in [6, 6.07) is 16.3. The van der Waals surface area contributed by atoms with Crippen LogP contribution in [-0.2, 0) is 13.2 Å². The number of hydrogen-bond acceptors (Lipinski definition) is 2. The predicted octanol–water partition coefficient (Wildman–Crippen LogP) is 4.53. The van der Waals surface area contributed by atoms with E-state index in [2.05, 4.69) is 52.4 Å². The van der Waals surface area contributed by atoms with Crippen molar-refractivity contribution >= 4 is 15.9 Å². The van der Waals surface area contributed by atoms with Gasteiger partial charge in [-0.3, -0.25) is 0 Å². The monoisotopic (exact) mass is 333 g/mol. The number of nitrogens with one attached hydrogen (secondary N) is 1. The maximum absolute atomic E-state index is 5.90. The molecule has 0 saturated heterocycles. The zero-order valence-corrected chi connectivity index (χ0v) is 13.3. The molecule has 1 N–H and O–H groups in total. The quantitative estimate of drug-likeness (QED) is 0.751. The summed E-state index contributed by atoms with van der Waals surface area (Å²) in [5, 5.41) is 3.44. The van der Waals surface area contributed by atoms with Gasteiger partial charge in [0.2, 0.25) is 0 Å². The Labute approximate surface area is 129 Å². The van der Waals surface area contributed by atoms with Gasteiger partial charge < -0.3 is 10.1 Å². The van der Waals surface area contributed by atoms with Crippen LogP contribution in [0, 0.1) is 0 Å². The van der Waals surface area contributed by atoms with Crippen molar-refractivity contribution in [1.82, 2.24) is 5.32 Å². The van der Waals surface area contributed by atoms with Crippen LogP contribution < -0.4 is 10.1 Å². The summed E-state index contributed by atoms with van der Waals surface area (Å²) in [6.07, 6.45) is 1.15. The summed E-state index contributed by atoms with van der Waals surface area (Å²) in [5.74, 6) is 0.879. The van der Waals surface area contributed by atoms with E-state index in [9.17, 15) is 0 Å². The molecule has 20 heavy (non-hydrogen) atoms. The van der Waals surface area contributed by atoms with E-state index in [0.29, 0.717) is 6.61 Å². The number of rotatable bonds is 7. The first-order valence-corrected chi connectivity index (χ1v) is 7.75. The smallest absolute Gasteiger partial charge is 0.133 e. The van der Waals surface area contributed by atoms with Gasteiger partial charge >= 0.3 is 0 Å². The molecule has 0 unspecified atom stereocenters. The molecule has 0 aliphatic carbocycles. The number of ether oxygens (including phenoxy) is 1. The average Bonchev–Trinajstić information content (AvgIpc) is 2.48. The topological polar surface area (TPSA) is 21.3 Å². The standard InChI is InChI=1S/C17H20BrNO/c1-2-11-19-12-14-7-3-4-8-15(14)13-20-17-10-6-5-9-16(17)18/h3-10,19H,2,11-13H2,1H3. The van der Waals surface area contributed by atoms with Crippen LogP contribution in [0.3, 0.4) is 0 Å². The van der Waals surface area contributed by atoms with Crippen molar-refractivity contribution in [3.63, 3.8) is 0 Å². The maximum atomic E-state index is 5.90. The van der Waals surface area contributed by atoms with E-state index in [-0.39, 0.29) is 0 Å². The largest absolute Gasteiger partial charge is 0.488 e. The van der Waals surface area contributed by atoms with Crippen LogP contribution in [0.15, 0.2) is 53.0 Å². The zero-order chi connectivity index (χ0) is 14.2. The highest BCUT2D eigenvalue weighted by molar-refractivity contribution is 9.10. The summed E-state index contributed by atoms with van der Waals surface area (Å²) < 4.78 is 6.88. The summed E-state index contributed by atoms with van der Waals surface area (Å²) in [6.45, 7) is 4.70. The third-order valence-electron chi connectivity index (χ3n) is 3.08. The average molecular weight is 334 g/mol. The lowest BCUT2D eigenvalue weighted by Crippen LogP contribution is -2.15. The van der Waals surface area contributed by atoms with Crippen LogP contribution in [0.25, 0.3) is 0 Å². The van der Waals surface area contributed by atoms with Gasteiger partial charge in [0.15, 0.2) is 0 Å². The van der Waals surface area contributed by atoms with Gasteiger partial charge in [-0.05, 0) is 52.2 Å². The van der Waals surface area contributed by atoms with E-state index in [0.717, 1.165) is 29.7 Å². The van der Waals surface area contributed by atoms with Crippen molar-refractivity contribution < 1.29 is 4.74 Å². The summed E-state index contributed by atoms with van der Waals surface area (Å²) in [4.78, 5) is 0. The molecule has 0 bridgehead atoms. The molecule has 3 heteroatoms. The van der Waals surface area contributed by atoms with Crippen LogP contribution in [0.1, 0.15) is 24.5 Å². The minimum Gasteiger partial charge on any atom is -0.488 e. The first-order chi connectivity index (χ1) is 9.81. The molecule has 2 nitrogen and oxygen atoms in total. The maximum Gasteiger partial charge on any atom is 0.133 e. The van der Waals surface area contributed by atoms with Gasteiger partial charge in [-0.25, -0.2) is 0 Å². The number of benzene rings is 2. The Bertz CT molecular complexity index is 542. The van der Waals surface area contributed by atoms with Gasteiger partial charge in [0, 0.05) is 6.54 Å². The Morgan fingerprint density at radius 1 is 1.00 bits per heavy atom. The van der Waals surface area contributed by atoms with E-state index in [1.165, 1.54) is 11.1 Å². The van der Waals surface area contributed by atoms with Crippen molar-refractivity contribution in [2.24, 2.45) is 0 Å². The second-order valence-corrected chi connectivity index (χ2v) is 5.52. The van der Waals surface area contributed by atoms with Crippen molar-refractivity contribution in [3.8, 4) is 5.75 Å². The molecule has 0 atom stereocenters. The molecular formula is C17H20BrNO. The van der Waals surface area contributed by atoms with Crippen LogP contribution in [0.2, 0.25) is 0 Å². The Hall–Kier alpha value is -1.32. The van der Waals surface area contributed by atoms with Crippen molar-refractivity contribution in [2.75, 3.05) is 6.54 Å². The third kappa shape index (κ3) is 4.36. The zero-order valence-electron chi connectivity index (χ0n) is 11.7. The molecule has 0 spiro atoms. The van der Waals surface area contributed by atoms with Crippen LogP contribution in [0.5, 0.6) is 5.75 Å². The van der Waals surface area contributed by atoms with Gasteiger partial charge in [-0.1, -0.05) is 43.3 Å². The Morgan fingerprint density at radius 2 is 1.70 bits per heavy atom. The lowest BCUT2D eigenvalue weighted by atomic mass is 10.1. The molecule has 106 valence electrons. The van der Waals surface area contributed by atoms with E-state index in [4.69, 9.17) is 4.74 Å². The molecule has 2 aromatic rings. The predicted molar refractivity (Wildman–Crippen MR) is 86.9 cm³/mol. The Kier molecular flexibility index (Phi) is 6.09. The van der Waals surface area contributed by atoms with E-state index in [1.54, 1.807) is 0 Å². The van der Waals surface area contributed by atoms with Crippen LogP contribution >= 0.6 is 15.9 Å². The molecule has 0 heterocycles. The molecule has 2 rings (SSSR count). The van der Waals surface area contributed by atoms with Crippen LogP contribution in [-0.4, -0.2) is 6.54 Å². The van der Waals surface area contributed by atoms with Gasteiger partial charge in [0.05, 0.1) is 4.47 Å². The lowest BCUT2D eigenvalue weighted by molar-refractivity contribution is 0.302. The van der Waals surface area contributed by atoms with E-state index < -0.39 is 0 Å². The number of hydrogen-bond donors (Lipinski definition) is 1. The van der Waals surface area contributed by atoms with Crippen LogP contribution in [0.4, 0.5) is 0 Å². The molecule has 0 aliphatic rings. The molecule has 0 fully saturated rings. The van der Waals surface area contributed by atoms with Crippen molar-refractivity contribution in [1.29, 1.82) is 0 Å². The van der Waals surface area contributed by atoms with Gasteiger partial charge in [0.25, 0.3) is 0 Å². The SMILES string of the molecule is CCCNCc1ccccc1COc1ccccc1Br. The molecule has 0 aromatic heterocycles. The van der Waals surface area contributed by atoms with E-state index in [1.807, 2.05) is 24.3 Å². The Balaban J connectivity index is 2.00. The molecule has 0 radical (unpaired) electrons. The van der Waals surface area contributed by atoms with Gasteiger partial charge in [-0.2, -0.15) is 0 Å². The second kappa shape index (κ2) is 8.08. The highest BCUT2D eigenvalue weighted by atomic mass is 79.9. The highest BCUT2D eigenvalue weighted by Crippen LogP contribution is 2.25. The lowest BCUT2D eigenvalue weighted by Gasteiger charge is -2.12. The summed E-state index contributed by atoms with van der Waals surface area (Å²) in [5.41, 5.74) is 2.53. The first kappa shape index (κ1) is 15.1. The normalized spacial score (nSPS) is 10.5. The summed E-state index contributed by atoms with van der Waals surface area (Å²) >= 11 is 3.50. The van der Waals surface area contributed by atoms with Crippen molar-refractivity contribution in [2.45, 2.75) is 26.5 Å². The van der Waals surface area contributed by atoms with Gasteiger partial charge in [-0.15, -0.1) is 0 Å². The molecular weight excluding hydrogens is 314 g/mol. The molecule has 0 aliphatic heterocycles.